The van der Waals surface area contributed by atoms with Crippen LogP contribution >= 0.6 is 11.3 Å². The van der Waals surface area contributed by atoms with Crippen molar-refractivity contribution in [2.45, 2.75) is 68.7 Å². The van der Waals surface area contributed by atoms with Crippen LogP contribution in [0.4, 0.5) is 0 Å². The Labute approximate surface area is 197 Å². The Morgan fingerprint density at radius 3 is 2.48 bits per heavy atom. The zero-order valence-corrected chi connectivity index (χ0v) is 19.2. The first-order valence-electron chi connectivity index (χ1n) is 11.6. The summed E-state index contributed by atoms with van der Waals surface area (Å²) in [5.74, 6) is 0.617. The van der Waals surface area contributed by atoms with Gasteiger partial charge in [0, 0.05) is 21.6 Å². The Morgan fingerprint density at radius 2 is 1.73 bits per heavy atom. The molecule has 0 unspecified atom stereocenters. The summed E-state index contributed by atoms with van der Waals surface area (Å²) in [6, 6.07) is 16.4. The fraction of sp³-hybridized carbons (Fsp3) is 0.462. The summed E-state index contributed by atoms with van der Waals surface area (Å²) in [4.78, 5) is 1.22. The molecule has 5 rings (SSSR count). The van der Waals surface area contributed by atoms with Gasteiger partial charge in [-0.15, -0.1) is 11.3 Å². The quantitative estimate of drug-likeness (QED) is 0.441. The molecular weight excluding hydrogens is 440 g/mol. The third-order valence-corrected chi connectivity index (χ3v) is 7.84. The van der Waals surface area contributed by atoms with E-state index in [1.54, 1.807) is 11.3 Å². The van der Waals surface area contributed by atoms with Gasteiger partial charge in [0.25, 0.3) is 0 Å². The topological polar surface area (TPSA) is 99.4 Å². The molecule has 4 N–H and O–H groups in total. The molecule has 0 amide bonds. The Balaban J connectivity index is 1.48. The van der Waals surface area contributed by atoms with Crippen LogP contribution in [0.5, 0.6) is 5.75 Å². The third-order valence-electron chi connectivity index (χ3n) is 6.72. The molecule has 0 radical (unpaired) electrons. The first-order chi connectivity index (χ1) is 16.0. The minimum atomic E-state index is -1.42. The second-order valence-corrected chi connectivity index (χ2v) is 10.2. The van der Waals surface area contributed by atoms with Crippen molar-refractivity contribution in [2.75, 3.05) is 6.61 Å². The smallest absolute Gasteiger partial charge is 0.125 e. The number of hydrogen-bond acceptors (Lipinski definition) is 7. The zero-order valence-electron chi connectivity index (χ0n) is 18.3. The van der Waals surface area contributed by atoms with E-state index in [9.17, 15) is 20.4 Å². The van der Waals surface area contributed by atoms with E-state index in [4.69, 9.17) is 9.47 Å². The molecule has 3 aromatic rings. The highest BCUT2D eigenvalue weighted by atomic mass is 32.1. The van der Waals surface area contributed by atoms with Crippen LogP contribution in [0.2, 0.25) is 0 Å². The van der Waals surface area contributed by atoms with Crippen LogP contribution < -0.4 is 4.74 Å². The largest absolute Gasteiger partial charge is 0.490 e. The van der Waals surface area contributed by atoms with Gasteiger partial charge in [-0.25, -0.2) is 0 Å². The maximum atomic E-state index is 10.8. The molecule has 6 nitrogen and oxygen atoms in total. The molecule has 2 aliphatic rings. The second kappa shape index (κ2) is 9.70. The van der Waals surface area contributed by atoms with Gasteiger partial charge in [-0.3, -0.25) is 0 Å². The summed E-state index contributed by atoms with van der Waals surface area (Å²) in [6.45, 7) is -0.457. The maximum Gasteiger partial charge on any atom is 0.125 e. The van der Waals surface area contributed by atoms with Gasteiger partial charge in [-0.2, -0.15) is 0 Å². The number of hydrogen-bond donors (Lipinski definition) is 4. The van der Waals surface area contributed by atoms with E-state index in [2.05, 4.69) is 18.2 Å². The predicted octanol–water partition coefficient (Wildman–Crippen LogP) is 3.33. The van der Waals surface area contributed by atoms with Crippen LogP contribution in [0.15, 0.2) is 48.5 Å². The Morgan fingerprint density at radius 1 is 0.939 bits per heavy atom. The van der Waals surface area contributed by atoms with Crippen molar-refractivity contribution >= 4 is 21.4 Å². The highest BCUT2D eigenvalue weighted by molar-refractivity contribution is 7.19. The standard InChI is InChI=1S/C26H30O6S/c27-14-21-23(28)24(29)25(30)26(32-21)19-12-15(9-10-20(19)31-17-6-2-3-7-17)11-18-13-16-5-1-4-8-22(16)33-18/h1,4-5,8-10,12-13,17,21,23-30H,2-3,6-7,11,14H2/t21-,23-,24+,25-,26+/m1/s1. The van der Waals surface area contributed by atoms with Crippen LogP contribution in [0, 0.1) is 0 Å². The normalized spacial score (nSPS) is 28.4. The first kappa shape index (κ1) is 22.8. The van der Waals surface area contributed by atoms with Crippen molar-refractivity contribution < 1.29 is 29.9 Å². The number of thiophene rings is 1. The van der Waals surface area contributed by atoms with Gasteiger partial charge in [-0.05, 0) is 60.9 Å². The van der Waals surface area contributed by atoms with Gasteiger partial charge in [0.2, 0.25) is 0 Å². The van der Waals surface area contributed by atoms with Crippen LogP contribution in [0.1, 0.15) is 47.8 Å². The molecule has 1 aliphatic carbocycles. The zero-order chi connectivity index (χ0) is 22.9. The number of aliphatic hydroxyl groups excluding tert-OH is 4. The van der Waals surface area contributed by atoms with Crippen LogP contribution in [0.3, 0.4) is 0 Å². The SMILES string of the molecule is OC[C@H]1O[C@@H](c2cc(Cc3cc4ccccc4s3)ccc2OC2CCCC2)[C@H](O)[C@@H](O)[C@@H]1O. The van der Waals surface area contributed by atoms with Gasteiger partial charge in [0.15, 0.2) is 0 Å². The van der Waals surface area contributed by atoms with Crippen LogP contribution in [0.25, 0.3) is 10.1 Å². The number of ether oxygens (including phenoxy) is 2. The van der Waals surface area contributed by atoms with Crippen LogP contribution in [-0.4, -0.2) is 57.6 Å². The van der Waals surface area contributed by atoms with E-state index >= 15 is 0 Å². The summed E-state index contributed by atoms with van der Waals surface area (Å²) in [5, 5.41) is 42.2. The summed E-state index contributed by atoms with van der Waals surface area (Å²) < 4.78 is 13.4. The number of fused-ring (bicyclic) bond motifs is 1. The molecule has 33 heavy (non-hydrogen) atoms. The van der Waals surface area contributed by atoms with Crippen molar-refractivity contribution in [3.05, 3.63) is 64.5 Å². The molecule has 2 aromatic carbocycles. The van der Waals surface area contributed by atoms with E-state index in [1.165, 1.54) is 15.0 Å². The highest BCUT2D eigenvalue weighted by Crippen LogP contribution is 2.39. The summed E-state index contributed by atoms with van der Waals surface area (Å²) in [6.07, 6.45) is -0.973. The molecule has 7 heteroatoms. The average Bonchev–Trinajstić information content (AvgIpc) is 3.48. The van der Waals surface area contributed by atoms with Crippen molar-refractivity contribution in [3.8, 4) is 5.75 Å². The Bertz CT molecular complexity index is 1060. The summed E-state index contributed by atoms with van der Waals surface area (Å²) >= 11 is 1.75. The molecule has 176 valence electrons. The van der Waals surface area contributed by atoms with Crippen molar-refractivity contribution in [1.82, 2.24) is 0 Å². The molecule has 2 fully saturated rings. The average molecular weight is 471 g/mol. The van der Waals surface area contributed by atoms with E-state index in [0.717, 1.165) is 31.2 Å². The fourth-order valence-electron chi connectivity index (χ4n) is 4.91. The van der Waals surface area contributed by atoms with Gasteiger partial charge < -0.3 is 29.9 Å². The van der Waals surface area contributed by atoms with Gasteiger partial charge in [0.05, 0.1) is 12.7 Å². The Hall–Kier alpha value is -2.00. The minimum Gasteiger partial charge on any atom is -0.490 e. The van der Waals surface area contributed by atoms with Crippen molar-refractivity contribution in [1.29, 1.82) is 0 Å². The van der Waals surface area contributed by atoms with E-state index in [-0.39, 0.29) is 6.10 Å². The van der Waals surface area contributed by atoms with Gasteiger partial charge >= 0.3 is 0 Å². The highest BCUT2D eigenvalue weighted by Gasteiger charge is 2.45. The maximum absolute atomic E-state index is 10.8. The number of benzene rings is 2. The molecule has 1 aliphatic heterocycles. The van der Waals surface area contributed by atoms with Gasteiger partial charge in [0.1, 0.15) is 36.3 Å². The monoisotopic (exact) mass is 470 g/mol. The summed E-state index contributed by atoms with van der Waals surface area (Å²) in [7, 11) is 0. The fourth-order valence-corrected chi connectivity index (χ4v) is 6.01. The van der Waals surface area contributed by atoms with Gasteiger partial charge in [-0.1, -0.05) is 24.3 Å². The molecule has 1 aromatic heterocycles. The Kier molecular flexibility index (Phi) is 6.69. The van der Waals surface area contributed by atoms with E-state index in [1.807, 2.05) is 30.3 Å². The predicted molar refractivity (Wildman–Crippen MR) is 127 cm³/mol. The molecular formula is C26H30O6S. The van der Waals surface area contributed by atoms with Crippen molar-refractivity contribution in [2.24, 2.45) is 0 Å². The number of aliphatic hydroxyl groups is 4. The lowest BCUT2D eigenvalue weighted by atomic mass is 9.90. The molecule has 0 bridgehead atoms. The molecule has 0 spiro atoms. The third kappa shape index (κ3) is 4.67. The lowest BCUT2D eigenvalue weighted by molar-refractivity contribution is -0.232. The molecule has 1 saturated heterocycles. The van der Waals surface area contributed by atoms with E-state index in [0.29, 0.717) is 17.7 Å². The molecule has 1 saturated carbocycles. The van der Waals surface area contributed by atoms with Crippen molar-refractivity contribution in [3.63, 3.8) is 0 Å². The molecule has 2 heterocycles. The minimum absolute atomic E-state index is 0.113. The summed E-state index contributed by atoms with van der Waals surface area (Å²) in [5.41, 5.74) is 1.67. The second-order valence-electron chi connectivity index (χ2n) is 9.07. The lowest BCUT2D eigenvalue weighted by Crippen LogP contribution is -2.55. The van der Waals surface area contributed by atoms with E-state index < -0.39 is 37.1 Å². The molecule has 5 atom stereocenters. The van der Waals surface area contributed by atoms with Crippen LogP contribution in [-0.2, 0) is 11.2 Å². The first-order valence-corrected chi connectivity index (χ1v) is 12.4. The number of rotatable bonds is 6. The lowest BCUT2D eigenvalue weighted by Gasteiger charge is -2.40.